The Labute approximate surface area is 222 Å². The van der Waals surface area contributed by atoms with Crippen LogP contribution in [0.3, 0.4) is 0 Å². The molecule has 37 heavy (non-hydrogen) atoms. The fourth-order valence-electron chi connectivity index (χ4n) is 5.13. The van der Waals surface area contributed by atoms with Crippen molar-refractivity contribution in [3.8, 4) is 0 Å². The van der Waals surface area contributed by atoms with Crippen LogP contribution in [-0.4, -0.2) is 48.7 Å². The number of nitrogens with zero attached hydrogens (tertiary/aromatic N) is 2. The number of fused-ring (bicyclic) bond motifs is 1. The average molecular weight is 516 g/mol. The van der Waals surface area contributed by atoms with Gasteiger partial charge in [0.25, 0.3) is 0 Å². The van der Waals surface area contributed by atoms with Crippen LogP contribution < -0.4 is 10.2 Å². The highest BCUT2D eigenvalue weighted by Crippen LogP contribution is 2.38. The second-order valence-electron chi connectivity index (χ2n) is 9.80. The molecule has 5 rings (SSSR count). The zero-order chi connectivity index (χ0) is 25.8. The van der Waals surface area contributed by atoms with E-state index in [2.05, 4.69) is 46.4 Å². The maximum Gasteiger partial charge on any atom is 0.229 e. The molecule has 2 aromatic carbocycles. The van der Waals surface area contributed by atoms with E-state index < -0.39 is 5.41 Å². The first kappa shape index (κ1) is 25.5. The molecule has 6 nitrogen and oxygen atoms in total. The number of benzene rings is 2. The monoisotopic (exact) mass is 515 g/mol. The summed E-state index contributed by atoms with van der Waals surface area (Å²) in [7, 11) is 0. The lowest BCUT2D eigenvalue weighted by molar-refractivity contribution is -0.115. The lowest BCUT2D eigenvalue weighted by atomic mass is 9.69. The number of Topliss-reactive ketones (excluding diaryl/α,β-unsaturated/α-hetero) is 1. The summed E-state index contributed by atoms with van der Waals surface area (Å²) in [4.78, 5) is 34.4. The van der Waals surface area contributed by atoms with E-state index in [4.69, 9.17) is 4.74 Å². The zero-order valence-corrected chi connectivity index (χ0v) is 22.3. The Morgan fingerprint density at radius 3 is 2.49 bits per heavy atom. The molecular weight excluding hydrogens is 482 g/mol. The summed E-state index contributed by atoms with van der Waals surface area (Å²) in [5.41, 5.74) is 3.96. The molecule has 0 bridgehead atoms. The molecule has 1 unspecified atom stereocenters. The van der Waals surface area contributed by atoms with Gasteiger partial charge in [-0.1, -0.05) is 31.2 Å². The van der Waals surface area contributed by atoms with Gasteiger partial charge in [0.1, 0.15) is 5.82 Å². The van der Waals surface area contributed by atoms with Crippen LogP contribution in [0.15, 0.2) is 65.6 Å². The van der Waals surface area contributed by atoms with Crippen molar-refractivity contribution in [3.05, 3.63) is 83.0 Å². The van der Waals surface area contributed by atoms with Crippen molar-refractivity contribution in [2.75, 3.05) is 42.3 Å². The fraction of sp³-hybridized carbons (Fsp3) is 0.367. The Morgan fingerprint density at radius 2 is 1.78 bits per heavy atom. The summed E-state index contributed by atoms with van der Waals surface area (Å²) < 4.78 is 5.45. The Hall–Kier alpha value is -3.16. The third-order valence-corrected chi connectivity index (χ3v) is 8.22. The topological polar surface area (TPSA) is 71.5 Å². The molecule has 2 aliphatic rings. The molecule has 1 saturated heterocycles. The summed E-state index contributed by atoms with van der Waals surface area (Å²) in [5.74, 6) is 1.49. The van der Waals surface area contributed by atoms with Crippen LogP contribution in [-0.2, 0) is 27.8 Å². The highest BCUT2D eigenvalue weighted by atomic mass is 32.2. The molecule has 1 N–H and O–H groups in total. The SMILES string of the molecule is CCSc1ccc(CC(=O)Nc2ccc3c(n2)CCC(C)(c2ccc(N4CCOCC4)cc2)C3=O)cc1. The average Bonchev–Trinajstić information content (AvgIpc) is 2.93. The molecule has 192 valence electrons. The van der Waals surface area contributed by atoms with Gasteiger partial charge in [0.2, 0.25) is 5.91 Å². The number of morpholine rings is 1. The van der Waals surface area contributed by atoms with Crippen molar-refractivity contribution >= 4 is 35.0 Å². The minimum atomic E-state index is -0.592. The highest BCUT2D eigenvalue weighted by molar-refractivity contribution is 7.99. The molecule has 0 radical (unpaired) electrons. The molecule has 1 amide bonds. The highest BCUT2D eigenvalue weighted by Gasteiger charge is 2.40. The number of aromatic nitrogens is 1. The summed E-state index contributed by atoms with van der Waals surface area (Å²) in [6.07, 6.45) is 1.65. The third-order valence-electron chi connectivity index (χ3n) is 7.33. The first-order chi connectivity index (χ1) is 18.0. The van der Waals surface area contributed by atoms with Gasteiger partial charge < -0.3 is 15.0 Å². The molecule has 3 aromatic rings. The van der Waals surface area contributed by atoms with Crippen molar-refractivity contribution in [2.24, 2.45) is 0 Å². The molecular formula is C30H33N3O3S. The van der Waals surface area contributed by atoms with E-state index in [1.54, 1.807) is 17.8 Å². The van der Waals surface area contributed by atoms with Gasteiger partial charge in [-0.2, -0.15) is 0 Å². The van der Waals surface area contributed by atoms with E-state index in [0.29, 0.717) is 24.2 Å². The first-order valence-corrected chi connectivity index (χ1v) is 13.9. The molecule has 0 spiro atoms. The van der Waals surface area contributed by atoms with Gasteiger partial charge in [0.05, 0.1) is 30.7 Å². The molecule has 7 heteroatoms. The maximum absolute atomic E-state index is 13.6. The van der Waals surface area contributed by atoms with E-state index in [0.717, 1.165) is 54.6 Å². The lowest BCUT2D eigenvalue weighted by Crippen LogP contribution is -2.38. The zero-order valence-electron chi connectivity index (χ0n) is 21.5. The molecule has 1 aromatic heterocycles. The van der Waals surface area contributed by atoms with Crippen LogP contribution in [0.5, 0.6) is 0 Å². The molecule has 1 atom stereocenters. The number of ether oxygens (including phenoxy) is 1. The number of nitrogens with one attached hydrogen (secondary N) is 1. The fourth-order valence-corrected chi connectivity index (χ4v) is 5.79. The van der Waals surface area contributed by atoms with Gasteiger partial charge in [-0.15, -0.1) is 11.8 Å². The van der Waals surface area contributed by atoms with E-state index in [1.165, 1.54) is 4.90 Å². The number of carbonyl (C=O) groups excluding carboxylic acids is 2. The van der Waals surface area contributed by atoms with Crippen molar-refractivity contribution in [1.82, 2.24) is 4.98 Å². The number of pyridine rings is 1. The second kappa shape index (κ2) is 11.1. The Bertz CT molecular complexity index is 1270. The summed E-state index contributed by atoms with van der Waals surface area (Å²) in [6.45, 7) is 7.42. The van der Waals surface area contributed by atoms with Crippen molar-refractivity contribution in [2.45, 2.75) is 43.4 Å². The number of amides is 1. The molecule has 1 aliphatic carbocycles. The van der Waals surface area contributed by atoms with Gasteiger partial charge in [-0.3, -0.25) is 9.59 Å². The summed E-state index contributed by atoms with van der Waals surface area (Å²) in [6, 6.07) is 20.0. The molecule has 2 heterocycles. The normalized spacial score (nSPS) is 19.4. The van der Waals surface area contributed by atoms with Crippen molar-refractivity contribution in [1.29, 1.82) is 0 Å². The van der Waals surface area contributed by atoms with Crippen LogP contribution in [0.1, 0.15) is 47.4 Å². The third kappa shape index (κ3) is 5.58. The van der Waals surface area contributed by atoms with Crippen LogP contribution in [0.2, 0.25) is 0 Å². The number of thioether (sulfide) groups is 1. The van der Waals surface area contributed by atoms with Crippen LogP contribution >= 0.6 is 11.8 Å². The van der Waals surface area contributed by atoms with E-state index in [9.17, 15) is 9.59 Å². The number of anilines is 2. The molecule has 1 aliphatic heterocycles. The largest absolute Gasteiger partial charge is 0.378 e. The Morgan fingerprint density at radius 1 is 1.05 bits per heavy atom. The van der Waals surface area contributed by atoms with Crippen molar-refractivity contribution in [3.63, 3.8) is 0 Å². The van der Waals surface area contributed by atoms with Gasteiger partial charge in [-0.25, -0.2) is 4.98 Å². The van der Waals surface area contributed by atoms with Crippen LogP contribution in [0.4, 0.5) is 11.5 Å². The van der Waals surface area contributed by atoms with Crippen LogP contribution in [0.25, 0.3) is 0 Å². The van der Waals surface area contributed by atoms with Gasteiger partial charge in [0.15, 0.2) is 5.78 Å². The Balaban J connectivity index is 1.25. The van der Waals surface area contributed by atoms with Gasteiger partial charge >= 0.3 is 0 Å². The van der Waals surface area contributed by atoms with E-state index in [1.807, 2.05) is 37.3 Å². The molecule has 1 fully saturated rings. The predicted molar refractivity (Wildman–Crippen MR) is 149 cm³/mol. The first-order valence-electron chi connectivity index (χ1n) is 13.0. The quantitative estimate of drug-likeness (QED) is 0.431. The van der Waals surface area contributed by atoms with Crippen LogP contribution in [0, 0.1) is 0 Å². The van der Waals surface area contributed by atoms with E-state index in [-0.39, 0.29) is 18.1 Å². The maximum atomic E-state index is 13.6. The van der Waals surface area contributed by atoms with Crippen molar-refractivity contribution < 1.29 is 14.3 Å². The minimum Gasteiger partial charge on any atom is -0.378 e. The standard InChI is InChI=1S/C30H33N3O3S/c1-3-37-24-10-4-21(5-11-24)20-28(34)32-27-13-12-25-26(31-27)14-15-30(2,29(25)35)22-6-8-23(9-7-22)33-16-18-36-19-17-33/h4-13H,3,14-20H2,1-2H3,(H,31,32,34). The Kier molecular flexibility index (Phi) is 7.63. The minimum absolute atomic E-state index is 0.0864. The van der Waals surface area contributed by atoms with Gasteiger partial charge in [-0.05, 0) is 73.0 Å². The number of aryl methyl sites for hydroxylation is 1. The van der Waals surface area contributed by atoms with E-state index >= 15 is 0 Å². The summed E-state index contributed by atoms with van der Waals surface area (Å²) >= 11 is 1.78. The lowest BCUT2D eigenvalue weighted by Gasteiger charge is -2.34. The molecule has 0 saturated carbocycles. The number of hydrogen-bond acceptors (Lipinski definition) is 6. The number of rotatable bonds is 7. The van der Waals surface area contributed by atoms with Gasteiger partial charge in [0, 0.05) is 29.2 Å². The summed E-state index contributed by atoms with van der Waals surface area (Å²) in [5, 5.41) is 2.90. The number of carbonyl (C=O) groups is 2. The number of hydrogen-bond donors (Lipinski definition) is 1. The number of ketones is 1. The smallest absolute Gasteiger partial charge is 0.229 e. The predicted octanol–water partition coefficient (Wildman–Crippen LogP) is 5.30. The second-order valence-corrected chi connectivity index (χ2v) is 11.1.